The smallest absolute Gasteiger partial charge is 0.258 e. The predicted octanol–water partition coefficient (Wildman–Crippen LogP) is 4.31. The second-order valence-electron chi connectivity index (χ2n) is 2.92. The molecule has 0 aromatic heterocycles. The Bertz CT molecular complexity index is 460. The first-order valence-electron chi connectivity index (χ1n) is 3.98. The van der Waals surface area contributed by atoms with E-state index in [9.17, 15) is 32.1 Å². The Morgan fingerprint density at radius 1 is 1.29 bits per heavy atom. The van der Waals surface area contributed by atoms with Gasteiger partial charge in [0.2, 0.25) is 0 Å². The Kier molecular flexibility index (Phi) is 3.70. The molecule has 1 rings (SSSR count). The fourth-order valence-corrected chi connectivity index (χ4v) is 1.90. The van der Waals surface area contributed by atoms with Crippen LogP contribution in [0, 0.1) is 10.1 Å². The van der Waals surface area contributed by atoms with E-state index in [1.54, 1.807) is 0 Å². The largest absolute Gasteiger partial charge is 0.417 e. The Labute approximate surface area is 99.5 Å². The molecule has 1 aromatic carbocycles. The zero-order chi connectivity index (χ0) is 13.4. The lowest BCUT2D eigenvalue weighted by Gasteiger charge is -2.12. The van der Waals surface area contributed by atoms with Crippen molar-refractivity contribution in [1.82, 2.24) is 0 Å². The summed E-state index contributed by atoms with van der Waals surface area (Å²) in [7, 11) is 0. The molecule has 0 N–H and O–H groups in total. The second kappa shape index (κ2) is 4.55. The molecule has 0 aliphatic carbocycles. The van der Waals surface area contributed by atoms with Gasteiger partial charge in [0, 0.05) is 10.5 Å². The SMILES string of the molecule is O=[N+]([O-])c1ccc(C(F)(F)F)c(Br)c1C(F)F. The molecular formula is C8H3BrF5NO2. The number of nitro benzene ring substituents is 1. The molecule has 0 amide bonds. The number of benzene rings is 1. The molecule has 94 valence electrons. The van der Waals surface area contributed by atoms with Crippen molar-refractivity contribution in [2.75, 3.05) is 0 Å². The van der Waals surface area contributed by atoms with E-state index < -0.39 is 38.8 Å². The summed E-state index contributed by atoms with van der Waals surface area (Å²) < 4.78 is 61.2. The molecule has 0 unspecified atom stereocenters. The summed E-state index contributed by atoms with van der Waals surface area (Å²) in [5.74, 6) is 0. The highest BCUT2D eigenvalue weighted by Crippen LogP contribution is 2.43. The zero-order valence-electron chi connectivity index (χ0n) is 7.76. The average Bonchev–Trinajstić information content (AvgIpc) is 2.13. The maximum atomic E-state index is 12.5. The Morgan fingerprint density at radius 2 is 1.82 bits per heavy atom. The molecular weight excluding hydrogens is 317 g/mol. The predicted molar refractivity (Wildman–Crippen MR) is 50.8 cm³/mol. The van der Waals surface area contributed by atoms with Gasteiger partial charge in [0.25, 0.3) is 12.1 Å². The van der Waals surface area contributed by atoms with Crippen LogP contribution in [0.15, 0.2) is 16.6 Å². The van der Waals surface area contributed by atoms with Gasteiger partial charge in [-0.3, -0.25) is 10.1 Å². The van der Waals surface area contributed by atoms with E-state index in [0.717, 1.165) is 0 Å². The number of halogens is 6. The molecule has 0 atom stereocenters. The fraction of sp³-hybridized carbons (Fsp3) is 0.250. The van der Waals surface area contributed by atoms with Crippen LogP contribution in [0.5, 0.6) is 0 Å². The van der Waals surface area contributed by atoms with E-state index >= 15 is 0 Å². The van der Waals surface area contributed by atoms with E-state index in [2.05, 4.69) is 15.9 Å². The number of hydrogen-bond donors (Lipinski definition) is 0. The average molecular weight is 320 g/mol. The van der Waals surface area contributed by atoms with Crippen LogP contribution in [0.25, 0.3) is 0 Å². The van der Waals surface area contributed by atoms with Gasteiger partial charge in [0.05, 0.1) is 10.5 Å². The van der Waals surface area contributed by atoms with E-state index in [4.69, 9.17) is 0 Å². The minimum atomic E-state index is -4.86. The first-order valence-corrected chi connectivity index (χ1v) is 4.77. The summed E-state index contributed by atoms with van der Waals surface area (Å²) in [6.45, 7) is 0. The highest BCUT2D eigenvalue weighted by atomic mass is 79.9. The number of rotatable bonds is 2. The van der Waals surface area contributed by atoms with E-state index in [1.165, 1.54) is 0 Å². The summed E-state index contributed by atoms with van der Waals surface area (Å²) in [6.07, 6.45) is -8.25. The van der Waals surface area contributed by atoms with Crippen molar-refractivity contribution in [2.24, 2.45) is 0 Å². The van der Waals surface area contributed by atoms with Crippen LogP contribution in [0.1, 0.15) is 17.6 Å². The summed E-state index contributed by atoms with van der Waals surface area (Å²) in [5, 5.41) is 10.4. The molecule has 0 saturated heterocycles. The fourth-order valence-electron chi connectivity index (χ4n) is 1.17. The second-order valence-corrected chi connectivity index (χ2v) is 3.71. The van der Waals surface area contributed by atoms with Crippen molar-refractivity contribution in [1.29, 1.82) is 0 Å². The van der Waals surface area contributed by atoms with Crippen LogP contribution in [-0.4, -0.2) is 4.92 Å². The third kappa shape index (κ3) is 2.71. The van der Waals surface area contributed by atoms with Crippen LogP contribution >= 0.6 is 15.9 Å². The van der Waals surface area contributed by atoms with Gasteiger partial charge in [-0.25, -0.2) is 8.78 Å². The molecule has 0 fully saturated rings. The molecule has 0 saturated carbocycles. The van der Waals surface area contributed by atoms with E-state index in [0.29, 0.717) is 12.1 Å². The Hall–Kier alpha value is -1.25. The third-order valence-corrected chi connectivity index (χ3v) is 2.73. The minimum absolute atomic E-state index is 0.383. The lowest BCUT2D eigenvalue weighted by molar-refractivity contribution is -0.386. The highest BCUT2D eigenvalue weighted by molar-refractivity contribution is 9.10. The molecule has 0 heterocycles. The van der Waals surface area contributed by atoms with Gasteiger partial charge < -0.3 is 0 Å². The van der Waals surface area contributed by atoms with E-state index in [1.807, 2.05) is 0 Å². The lowest BCUT2D eigenvalue weighted by atomic mass is 10.1. The quantitative estimate of drug-likeness (QED) is 0.463. The molecule has 9 heteroatoms. The van der Waals surface area contributed by atoms with Crippen molar-refractivity contribution in [2.45, 2.75) is 12.6 Å². The Balaban J connectivity index is 3.55. The molecule has 0 radical (unpaired) electrons. The van der Waals surface area contributed by atoms with Crippen molar-refractivity contribution >= 4 is 21.6 Å². The molecule has 0 bridgehead atoms. The lowest BCUT2D eigenvalue weighted by Crippen LogP contribution is -2.09. The molecule has 0 spiro atoms. The minimum Gasteiger partial charge on any atom is -0.258 e. The van der Waals surface area contributed by atoms with Gasteiger partial charge in [-0.05, 0) is 22.0 Å². The van der Waals surface area contributed by atoms with Gasteiger partial charge in [-0.1, -0.05) is 0 Å². The topological polar surface area (TPSA) is 43.1 Å². The monoisotopic (exact) mass is 319 g/mol. The van der Waals surface area contributed by atoms with Crippen molar-refractivity contribution < 1.29 is 26.9 Å². The van der Waals surface area contributed by atoms with Gasteiger partial charge >= 0.3 is 6.18 Å². The molecule has 17 heavy (non-hydrogen) atoms. The van der Waals surface area contributed by atoms with Crippen LogP contribution < -0.4 is 0 Å². The summed E-state index contributed by atoms with van der Waals surface area (Å²) >= 11 is 2.33. The van der Waals surface area contributed by atoms with Crippen molar-refractivity contribution in [3.63, 3.8) is 0 Å². The maximum absolute atomic E-state index is 12.5. The molecule has 3 nitrogen and oxygen atoms in total. The first kappa shape index (κ1) is 13.8. The summed E-state index contributed by atoms with van der Waals surface area (Å²) in [4.78, 5) is 9.25. The van der Waals surface area contributed by atoms with Gasteiger partial charge in [-0.15, -0.1) is 0 Å². The zero-order valence-corrected chi connectivity index (χ0v) is 9.35. The number of hydrogen-bond acceptors (Lipinski definition) is 2. The number of nitro groups is 1. The molecule has 1 aromatic rings. The van der Waals surface area contributed by atoms with Crippen molar-refractivity contribution in [3.8, 4) is 0 Å². The maximum Gasteiger partial charge on any atom is 0.417 e. The van der Waals surface area contributed by atoms with Crippen LogP contribution in [-0.2, 0) is 6.18 Å². The third-order valence-electron chi connectivity index (χ3n) is 1.88. The summed E-state index contributed by atoms with van der Waals surface area (Å²) in [5.41, 5.74) is -3.71. The molecule has 0 aliphatic heterocycles. The molecule has 0 aliphatic rings. The highest BCUT2D eigenvalue weighted by Gasteiger charge is 2.37. The van der Waals surface area contributed by atoms with Gasteiger partial charge in [0.1, 0.15) is 5.56 Å². The number of nitrogens with zero attached hydrogens (tertiary/aromatic N) is 1. The van der Waals surface area contributed by atoms with Crippen LogP contribution in [0.4, 0.5) is 27.6 Å². The van der Waals surface area contributed by atoms with Gasteiger partial charge in [-0.2, -0.15) is 13.2 Å². The number of alkyl halides is 5. The van der Waals surface area contributed by atoms with Crippen molar-refractivity contribution in [3.05, 3.63) is 37.8 Å². The Morgan fingerprint density at radius 3 is 2.18 bits per heavy atom. The normalized spacial score (nSPS) is 11.9. The van der Waals surface area contributed by atoms with E-state index in [-0.39, 0.29) is 0 Å². The standard InChI is InChI=1S/C8H3BrF5NO2/c9-6-3(8(12,13)14)1-2-4(15(16)17)5(6)7(10)11/h1-2,7H. The first-order chi connectivity index (χ1) is 7.66. The van der Waals surface area contributed by atoms with Crippen LogP contribution in [0.2, 0.25) is 0 Å². The van der Waals surface area contributed by atoms with Gasteiger partial charge in [0.15, 0.2) is 0 Å². The van der Waals surface area contributed by atoms with Crippen LogP contribution in [0.3, 0.4) is 0 Å². The summed E-state index contributed by atoms with van der Waals surface area (Å²) in [6, 6.07) is 0.795.